The summed E-state index contributed by atoms with van der Waals surface area (Å²) < 4.78 is 28.8. The number of hydrogen-bond acceptors (Lipinski definition) is 5. The first-order valence-electron chi connectivity index (χ1n) is 6.67. The summed E-state index contributed by atoms with van der Waals surface area (Å²) in [4.78, 5) is 2.07. The number of ether oxygens (including phenoxy) is 1. The van der Waals surface area contributed by atoms with Crippen molar-refractivity contribution in [3.05, 3.63) is 0 Å². The predicted molar refractivity (Wildman–Crippen MR) is 71.2 cm³/mol. The maximum Gasteiger partial charge on any atom is 0.152 e. The minimum atomic E-state index is -2.91. The Morgan fingerprint density at radius 2 is 2.17 bits per heavy atom. The number of sulfone groups is 1. The molecule has 2 rings (SSSR count). The van der Waals surface area contributed by atoms with Gasteiger partial charge in [0, 0.05) is 25.2 Å². The van der Waals surface area contributed by atoms with Gasteiger partial charge in [-0.2, -0.15) is 0 Å². The Balaban J connectivity index is 1.79. The molecule has 0 aromatic rings. The number of nitrogens with zero attached hydrogens (tertiary/aromatic N) is 1. The molecule has 6 heteroatoms. The van der Waals surface area contributed by atoms with Gasteiger partial charge in [0.2, 0.25) is 0 Å². The molecule has 1 aliphatic carbocycles. The molecule has 0 amide bonds. The second-order valence-corrected chi connectivity index (χ2v) is 7.89. The lowest BCUT2D eigenvalue weighted by Gasteiger charge is -2.36. The molecule has 1 heterocycles. The van der Waals surface area contributed by atoms with Crippen LogP contribution in [0.4, 0.5) is 0 Å². The largest absolute Gasteiger partial charge is 0.380 e. The molecule has 0 radical (unpaired) electrons. The summed E-state index contributed by atoms with van der Waals surface area (Å²) >= 11 is 0. The highest BCUT2D eigenvalue weighted by atomic mass is 32.2. The van der Waals surface area contributed by atoms with Gasteiger partial charge in [-0.3, -0.25) is 4.90 Å². The molecule has 2 fully saturated rings. The van der Waals surface area contributed by atoms with E-state index in [4.69, 9.17) is 10.5 Å². The summed E-state index contributed by atoms with van der Waals surface area (Å²) in [6.07, 6.45) is 3.23. The third-order valence-corrected chi connectivity index (χ3v) is 5.98. The van der Waals surface area contributed by atoms with Crippen LogP contribution in [0.1, 0.15) is 19.3 Å². The molecule has 1 aliphatic heterocycles. The van der Waals surface area contributed by atoms with E-state index in [9.17, 15) is 8.42 Å². The Kier molecular flexibility index (Phi) is 4.31. The molecule has 18 heavy (non-hydrogen) atoms. The Morgan fingerprint density at radius 1 is 1.44 bits per heavy atom. The van der Waals surface area contributed by atoms with E-state index in [1.807, 2.05) is 7.05 Å². The fraction of sp³-hybridized carbons (Fsp3) is 1.00. The third kappa shape index (κ3) is 3.44. The second kappa shape index (κ2) is 5.45. The van der Waals surface area contributed by atoms with Crippen molar-refractivity contribution < 1.29 is 13.2 Å². The summed E-state index contributed by atoms with van der Waals surface area (Å²) in [5, 5.41) is 0. The zero-order chi connectivity index (χ0) is 13.2. The van der Waals surface area contributed by atoms with E-state index in [1.165, 1.54) is 12.8 Å². The second-order valence-electron chi connectivity index (χ2n) is 5.71. The standard InChI is InChI=1S/C12H24N2O3S/c1-14(5-6-17-8-11-2-3-11)12(9-13)4-7-18(15,16)10-12/h11H,2-10,13H2,1H3. The van der Waals surface area contributed by atoms with Crippen molar-refractivity contribution in [2.24, 2.45) is 11.7 Å². The van der Waals surface area contributed by atoms with Crippen molar-refractivity contribution >= 4 is 9.84 Å². The monoisotopic (exact) mass is 276 g/mol. The Bertz CT molecular complexity index is 381. The summed E-state index contributed by atoms with van der Waals surface area (Å²) in [5.74, 6) is 1.22. The molecular formula is C12H24N2O3S. The van der Waals surface area contributed by atoms with Crippen LogP contribution in [0.3, 0.4) is 0 Å². The first-order valence-corrected chi connectivity index (χ1v) is 8.49. The number of likely N-dealkylation sites (N-methyl/N-ethyl adjacent to an activating group) is 1. The predicted octanol–water partition coefficient (Wildman–Crippen LogP) is -0.139. The van der Waals surface area contributed by atoms with Gasteiger partial charge in [0.15, 0.2) is 9.84 Å². The van der Waals surface area contributed by atoms with Gasteiger partial charge in [0.1, 0.15) is 0 Å². The van der Waals surface area contributed by atoms with Crippen molar-refractivity contribution in [2.75, 3.05) is 44.9 Å². The van der Waals surface area contributed by atoms with Crippen molar-refractivity contribution in [1.29, 1.82) is 0 Å². The molecule has 106 valence electrons. The van der Waals surface area contributed by atoms with E-state index in [2.05, 4.69) is 4.90 Å². The fourth-order valence-electron chi connectivity index (χ4n) is 2.49. The van der Waals surface area contributed by atoms with E-state index in [-0.39, 0.29) is 17.0 Å². The van der Waals surface area contributed by atoms with Crippen LogP contribution >= 0.6 is 0 Å². The zero-order valence-corrected chi connectivity index (χ0v) is 11.9. The molecule has 1 saturated carbocycles. The van der Waals surface area contributed by atoms with Crippen LogP contribution in [-0.2, 0) is 14.6 Å². The summed E-state index contributed by atoms with van der Waals surface area (Å²) in [6, 6.07) is 0. The van der Waals surface area contributed by atoms with E-state index >= 15 is 0 Å². The van der Waals surface area contributed by atoms with Crippen LogP contribution in [0.15, 0.2) is 0 Å². The van der Waals surface area contributed by atoms with Gasteiger partial charge in [-0.15, -0.1) is 0 Å². The Morgan fingerprint density at radius 3 is 2.67 bits per heavy atom. The molecule has 0 aromatic carbocycles. The molecule has 2 aliphatic rings. The highest BCUT2D eigenvalue weighted by Crippen LogP contribution is 2.29. The van der Waals surface area contributed by atoms with Gasteiger partial charge in [-0.25, -0.2) is 8.42 Å². The smallest absolute Gasteiger partial charge is 0.152 e. The molecule has 5 nitrogen and oxygen atoms in total. The van der Waals surface area contributed by atoms with Crippen molar-refractivity contribution in [3.63, 3.8) is 0 Å². The summed E-state index contributed by atoms with van der Waals surface area (Å²) in [5.41, 5.74) is 5.43. The Hall–Kier alpha value is -0.170. The van der Waals surface area contributed by atoms with Crippen LogP contribution in [0.25, 0.3) is 0 Å². The maximum absolute atomic E-state index is 11.6. The molecule has 1 atom stereocenters. The Labute approximate surface area is 110 Å². The quantitative estimate of drug-likeness (QED) is 0.655. The minimum Gasteiger partial charge on any atom is -0.380 e. The fourth-order valence-corrected chi connectivity index (χ4v) is 4.63. The maximum atomic E-state index is 11.6. The van der Waals surface area contributed by atoms with Crippen molar-refractivity contribution in [2.45, 2.75) is 24.8 Å². The highest BCUT2D eigenvalue weighted by Gasteiger charge is 2.43. The van der Waals surface area contributed by atoms with Gasteiger partial charge < -0.3 is 10.5 Å². The van der Waals surface area contributed by atoms with Crippen LogP contribution in [0, 0.1) is 5.92 Å². The first kappa shape index (κ1) is 14.2. The van der Waals surface area contributed by atoms with E-state index in [0.717, 1.165) is 19.1 Å². The summed E-state index contributed by atoms with van der Waals surface area (Å²) in [6.45, 7) is 2.65. The average Bonchev–Trinajstić information content (AvgIpc) is 3.08. The lowest BCUT2D eigenvalue weighted by atomic mass is 9.97. The van der Waals surface area contributed by atoms with Gasteiger partial charge in [0.05, 0.1) is 18.1 Å². The molecule has 1 saturated heterocycles. The van der Waals surface area contributed by atoms with Crippen LogP contribution in [0.5, 0.6) is 0 Å². The average molecular weight is 276 g/mol. The van der Waals surface area contributed by atoms with E-state index in [0.29, 0.717) is 19.6 Å². The first-order chi connectivity index (χ1) is 8.47. The van der Waals surface area contributed by atoms with Gasteiger partial charge in [-0.1, -0.05) is 0 Å². The van der Waals surface area contributed by atoms with Crippen molar-refractivity contribution in [3.8, 4) is 0 Å². The lowest BCUT2D eigenvalue weighted by Crippen LogP contribution is -2.54. The van der Waals surface area contributed by atoms with Crippen LogP contribution in [0.2, 0.25) is 0 Å². The highest BCUT2D eigenvalue weighted by molar-refractivity contribution is 7.91. The SMILES string of the molecule is CN(CCOCC1CC1)C1(CN)CCS(=O)(=O)C1. The van der Waals surface area contributed by atoms with Gasteiger partial charge in [0.25, 0.3) is 0 Å². The summed E-state index contributed by atoms with van der Waals surface area (Å²) in [7, 11) is -0.955. The molecule has 0 aromatic heterocycles. The topological polar surface area (TPSA) is 72.6 Å². The molecule has 0 bridgehead atoms. The number of nitrogens with two attached hydrogens (primary N) is 1. The molecular weight excluding hydrogens is 252 g/mol. The van der Waals surface area contributed by atoms with Crippen LogP contribution < -0.4 is 5.73 Å². The molecule has 2 N–H and O–H groups in total. The molecule has 0 spiro atoms. The van der Waals surface area contributed by atoms with E-state index < -0.39 is 9.84 Å². The molecule has 1 unspecified atom stereocenters. The lowest BCUT2D eigenvalue weighted by molar-refractivity contribution is 0.0685. The normalized spacial score (nSPS) is 31.1. The van der Waals surface area contributed by atoms with E-state index in [1.54, 1.807) is 0 Å². The van der Waals surface area contributed by atoms with Crippen LogP contribution in [-0.4, -0.2) is 63.7 Å². The number of rotatable bonds is 7. The zero-order valence-electron chi connectivity index (χ0n) is 11.1. The van der Waals surface area contributed by atoms with Gasteiger partial charge >= 0.3 is 0 Å². The van der Waals surface area contributed by atoms with Gasteiger partial charge in [-0.05, 0) is 32.2 Å². The van der Waals surface area contributed by atoms with Crippen molar-refractivity contribution in [1.82, 2.24) is 4.90 Å². The minimum absolute atomic E-state index is 0.190. The number of hydrogen-bond donors (Lipinski definition) is 1. The third-order valence-electron chi connectivity index (χ3n) is 4.18.